The Kier molecular flexibility index (Phi) is 82.6. The number of phosphoric ester groups is 2. The van der Waals surface area contributed by atoms with Crippen LogP contribution in [-0.4, -0.2) is 96.7 Å². The highest BCUT2D eigenvalue weighted by molar-refractivity contribution is 7.47. The molecule has 6 atom stereocenters. The third-order valence-corrected chi connectivity index (χ3v) is 24.2. The van der Waals surface area contributed by atoms with Crippen molar-refractivity contribution in [3.8, 4) is 0 Å². The van der Waals surface area contributed by atoms with E-state index < -0.39 is 97.5 Å². The second-order valence-electron chi connectivity index (χ2n) is 34.1. The van der Waals surface area contributed by atoms with Crippen LogP contribution < -0.4 is 0 Å². The predicted octanol–water partition coefficient (Wildman–Crippen LogP) is 29.0. The van der Waals surface area contributed by atoms with Gasteiger partial charge in [0.15, 0.2) is 12.2 Å². The molecule has 0 aliphatic carbocycles. The number of phosphoric acid groups is 2. The molecular weight excluding hydrogens is 1450 g/mol. The molecule has 3 N–H and O–H groups in total. The van der Waals surface area contributed by atoms with E-state index in [2.05, 4.69) is 41.5 Å². The lowest BCUT2D eigenvalue weighted by Gasteiger charge is -2.21. The van der Waals surface area contributed by atoms with E-state index >= 15 is 0 Å². The number of carbonyl (C=O) groups is 4. The van der Waals surface area contributed by atoms with Crippen LogP contribution in [0, 0.1) is 11.8 Å². The van der Waals surface area contributed by atoms with Gasteiger partial charge in [-0.15, -0.1) is 0 Å². The first-order valence-electron chi connectivity index (χ1n) is 48.0. The molecule has 0 aliphatic heterocycles. The van der Waals surface area contributed by atoms with Gasteiger partial charge in [0.2, 0.25) is 0 Å². The average Bonchev–Trinajstić information content (AvgIpc) is 0.899. The predicted molar refractivity (Wildman–Crippen MR) is 465 cm³/mol. The molecule has 0 bridgehead atoms. The van der Waals surface area contributed by atoms with Crippen LogP contribution in [0.4, 0.5) is 0 Å². The van der Waals surface area contributed by atoms with Crippen molar-refractivity contribution in [1.82, 2.24) is 0 Å². The molecule has 3 unspecified atom stereocenters. The van der Waals surface area contributed by atoms with Crippen molar-refractivity contribution in [2.24, 2.45) is 11.8 Å². The number of hydrogen-bond donors (Lipinski definition) is 3. The molecule has 19 heteroatoms. The number of ether oxygens (including phenoxy) is 4. The molecule has 0 saturated heterocycles. The summed E-state index contributed by atoms with van der Waals surface area (Å²) in [6.45, 7) is 9.80. The highest BCUT2D eigenvalue weighted by Gasteiger charge is 2.31. The van der Waals surface area contributed by atoms with Crippen molar-refractivity contribution in [3.63, 3.8) is 0 Å². The molecule has 0 rings (SSSR count). The Hall–Kier alpha value is -1.94. The summed E-state index contributed by atoms with van der Waals surface area (Å²) in [6.07, 6.45) is 79.2. The number of esters is 4. The Labute approximate surface area is 689 Å². The van der Waals surface area contributed by atoms with Crippen molar-refractivity contribution < 1.29 is 80.2 Å². The molecular formula is C93H182O17P2. The van der Waals surface area contributed by atoms with Crippen LogP contribution in [-0.2, 0) is 65.4 Å². The zero-order chi connectivity index (χ0) is 82.0. The van der Waals surface area contributed by atoms with Crippen LogP contribution in [0.25, 0.3) is 0 Å². The SMILES string of the molecule is CCCCCCCCCCCCCCCCCCCCCCCC(=O)OC[C@H](COP(=O)(O)OC[C@@H](O)COP(=O)(O)OC[C@@H](COC(=O)CCCCCCCCCCCCCC)OC(=O)CCCCCCCCCCCCCCCCC(C)C)OC(=O)CCCCCCCCCCCCCCCCCCCCC(C)CC. The minimum atomic E-state index is -4.97. The zero-order valence-electron chi connectivity index (χ0n) is 74.0. The number of carbonyl (C=O) groups excluding carboxylic acids is 4. The maximum absolute atomic E-state index is 13.2. The van der Waals surface area contributed by atoms with Gasteiger partial charge in [-0.1, -0.05) is 452 Å². The minimum absolute atomic E-state index is 0.108. The van der Waals surface area contributed by atoms with Crippen LogP contribution in [0.1, 0.15) is 504 Å². The summed E-state index contributed by atoms with van der Waals surface area (Å²) in [6, 6.07) is 0. The van der Waals surface area contributed by atoms with E-state index in [9.17, 15) is 43.2 Å². The van der Waals surface area contributed by atoms with E-state index in [4.69, 9.17) is 37.0 Å². The quantitative estimate of drug-likeness (QED) is 0.0222. The molecule has 0 aromatic carbocycles. The highest BCUT2D eigenvalue weighted by Crippen LogP contribution is 2.45. The Morgan fingerprint density at radius 3 is 0.679 bits per heavy atom. The summed E-state index contributed by atoms with van der Waals surface area (Å²) in [7, 11) is -9.94. The molecule has 0 aromatic heterocycles. The van der Waals surface area contributed by atoms with Gasteiger partial charge in [-0.05, 0) is 37.5 Å². The Morgan fingerprint density at radius 2 is 0.455 bits per heavy atom. The van der Waals surface area contributed by atoms with Gasteiger partial charge in [0.05, 0.1) is 26.4 Å². The zero-order valence-corrected chi connectivity index (χ0v) is 75.8. The van der Waals surface area contributed by atoms with E-state index in [1.165, 1.54) is 321 Å². The Bertz CT molecular complexity index is 2130. The van der Waals surface area contributed by atoms with Crippen LogP contribution in [0.2, 0.25) is 0 Å². The van der Waals surface area contributed by atoms with E-state index in [1.54, 1.807) is 0 Å². The summed E-state index contributed by atoms with van der Waals surface area (Å²) in [5.41, 5.74) is 0. The number of unbranched alkanes of at least 4 members (excludes halogenated alkanes) is 61. The first-order chi connectivity index (χ1) is 54.4. The normalized spacial score (nSPS) is 13.9. The third-order valence-electron chi connectivity index (χ3n) is 22.3. The van der Waals surface area contributed by atoms with Crippen molar-refractivity contribution >= 4 is 39.5 Å². The van der Waals surface area contributed by atoms with Crippen molar-refractivity contribution in [1.29, 1.82) is 0 Å². The molecule has 0 aromatic rings. The molecule has 0 radical (unpaired) electrons. The monoisotopic (exact) mass is 1630 g/mol. The van der Waals surface area contributed by atoms with Gasteiger partial charge < -0.3 is 33.8 Å². The van der Waals surface area contributed by atoms with Gasteiger partial charge in [0, 0.05) is 25.7 Å². The van der Waals surface area contributed by atoms with Gasteiger partial charge in [-0.25, -0.2) is 9.13 Å². The van der Waals surface area contributed by atoms with Crippen LogP contribution in [0.3, 0.4) is 0 Å². The van der Waals surface area contributed by atoms with Gasteiger partial charge in [-0.3, -0.25) is 37.3 Å². The first-order valence-corrected chi connectivity index (χ1v) is 51.0. The Morgan fingerprint density at radius 1 is 0.259 bits per heavy atom. The van der Waals surface area contributed by atoms with Gasteiger partial charge >= 0.3 is 39.5 Å². The molecule has 112 heavy (non-hydrogen) atoms. The van der Waals surface area contributed by atoms with Crippen LogP contribution in [0.5, 0.6) is 0 Å². The lowest BCUT2D eigenvalue weighted by molar-refractivity contribution is -0.161. The fourth-order valence-electron chi connectivity index (χ4n) is 14.6. The molecule has 666 valence electrons. The van der Waals surface area contributed by atoms with Gasteiger partial charge in [-0.2, -0.15) is 0 Å². The molecule has 0 fully saturated rings. The maximum atomic E-state index is 13.2. The number of rotatable bonds is 92. The molecule has 0 saturated carbocycles. The topological polar surface area (TPSA) is 237 Å². The first kappa shape index (κ1) is 110. The summed E-state index contributed by atoms with van der Waals surface area (Å²) in [5, 5.41) is 10.7. The minimum Gasteiger partial charge on any atom is -0.462 e. The molecule has 0 aliphatic rings. The van der Waals surface area contributed by atoms with Gasteiger partial charge in [0.25, 0.3) is 0 Å². The molecule has 0 heterocycles. The van der Waals surface area contributed by atoms with Crippen LogP contribution >= 0.6 is 15.6 Å². The highest BCUT2D eigenvalue weighted by atomic mass is 31.2. The van der Waals surface area contributed by atoms with E-state index in [-0.39, 0.29) is 25.7 Å². The molecule has 0 amide bonds. The molecule has 17 nitrogen and oxygen atoms in total. The van der Waals surface area contributed by atoms with Crippen molar-refractivity contribution in [2.45, 2.75) is 522 Å². The summed E-state index contributed by atoms with van der Waals surface area (Å²) in [5.74, 6) is -0.426. The maximum Gasteiger partial charge on any atom is 0.472 e. The summed E-state index contributed by atoms with van der Waals surface area (Å²) < 4.78 is 69.1. The Balaban J connectivity index is 5.24. The largest absolute Gasteiger partial charge is 0.472 e. The average molecular weight is 1630 g/mol. The van der Waals surface area contributed by atoms with Crippen LogP contribution in [0.15, 0.2) is 0 Å². The van der Waals surface area contributed by atoms with E-state index in [0.29, 0.717) is 25.7 Å². The second kappa shape index (κ2) is 84.1. The smallest absolute Gasteiger partial charge is 0.462 e. The second-order valence-corrected chi connectivity index (χ2v) is 37.0. The number of aliphatic hydroxyl groups excluding tert-OH is 1. The summed E-state index contributed by atoms with van der Waals surface area (Å²) >= 11 is 0. The van der Waals surface area contributed by atoms with Crippen molar-refractivity contribution in [2.75, 3.05) is 39.6 Å². The van der Waals surface area contributed by atoms with E-state index in [1.807, 2.05) is 0 Å². The third kappa shape index (κ3) is 84.5. The van der Waals surface area contributed by atoms with E-state index in [0.717, 1.165) is 102 Å². The lowest BCUT2D eigenvalue weighted by atomic mass is 9.99. The standard InChI is InChI=1S/C93H182O17P2/c1-7-10-12-14-16-18-20-22-23-24-25-26-27-31-34-40-46-52-58-64-70-76-91(96)104-82-89(110-92(97)77-71-65-59-53-47-41-35-32-29-28-30-33-39-44-50-56-62-68-74-86(6)9-3)84-108-112(101,102)106-80-87(94)79-105-111(99,100)107-83-88(81-103-90(95)75-69-63-57-51-45-21-19-17-15-13-11-8-2)109-93(98)78-72-66-60-54-48-42-37-36-38-43-49-55-61-67-73-85(4)5/h85-89,94H,7-84H2,1-6H3,(H,99,100)(H,101,102)/t86?,87-,88+,89+/m0/s1. The molecule has 0 spiro atoms. The lowest BCUT2D eigenvalue weighted by Crippen LogP contribution is -2.30. The fraction of sp³-hybridized carbons (Fsp3) is 0.957. The van der Waals surface area contributed by atoms with Gasteiger partial charge in [0.1, 0.15) is 19.3 Å². The fourth-order valence-corrected chi connectivity index (χ4v) is 16.2. The summed E-state index contributed by atoms with van der Waals surface area (Å²) in [4.78, 5) is 73.5. The number of aliphatic hydroxyl groups is 1. The number of hydrogen-bond acceptors (Lipinski definition) is 15. The van der Waals surface area contributed by atoms with Crippen molar-refractivity contribution in [3.05, 3.63) is 0 Å².